The third-order valence-corrected chi connectivity index (χ3v) is 4.14. The van der Waals surface area contributed by atoms with E-state index in [1.165, 1.54) is 0 Å². The SMILES string of the molecule is CCOC(OCC)c1ccc(NC(CC)CC(C)CC)cc1F. The van der Waals surface area contributed by atoms with Gasteiger partial charge in [-0.2, -0.15) is 0 Å². The van der Waals surface area contributed by atoms with Crippen LogP contribution < -0.4 is 5.32 Å². The highest BCUT2D eigenvalue weighted by Crippen LogP contribution is 2.26. The maximum atomic E-state index is 14.4. The molecule has 3 nitrogen and oxygen atoms in total. The Morgan fingerprint density at radius 2 is 1.70 bits per heavy atom. The van der Waals surface area contributed by atoms with Crippen molar-refractivity contribution in [2.24, 2.45) is 5.92 Å². The van der Waals surface area contributed by atoms with Gasteiger partial charge < -0.3 is 14.8 Å². The molecule has 0 saturated carbocycles. The standard InChI is InChI=1S/C19H32FNO2/c1-6-14(5)12-15(7-2)21-16-10-11-17(18(20)13-16)19(22-8-3)23-9-4/h10-11,13-15,19,21H,6-9,12H2,1-5H3. The highest BCUT2D eigenvalue weighted by Gasteiger charge is 2.17. The first kappa shape index (κ1) is 19.9. The van der Waals surface area contributed by atoms with Crippen molar-refractivity contribution in [2.45, 2.75) is 66.2 Å². The number of rotatable bonds is 11. The van der Waals surface area contributed by atoms with E-state index in [0.29, 0.717) is 30.7 Å². The highest BCUT2D eigenvalue weighted by atomic mass is 19.1. The summed E-state index contributed by atoms with van der Waals surface area (Å²) in [6.07, 6.45) is 2.64. The first-order valence-electron chi connectivity index (χ1n) is 8.84. The summed E-state index contributed by atoms with van der Waals surface area (Å²) < 4.78 is 25.4. The van der Waals surface area contributed by atoms with E-state index in [-0.39, 0.29) is 5.82 Å². The molecule has 0 aliphatic heterocycles. The Bertz CT molecular complexity index is 447. The molecule has 1 aromatic rings. The maximum absolute atomic E-state index is 14.4. The summed E-state index contributed by atoms with van der Waals surface area (Å²) in [5, 5.41) is 3.44. The molecule has 0 spiro atoms. The molecule has 4 heteroatoms. The third kappa shape index (κ3) is 6.48. The van der Waals surface area contributed by atoms with Gasteiger partial charge in [0.1, 0.15) is 5.82 Å². The summed E-state index contributed by atoms with van der Waals surface area (Å²) in [6, 6.07) is 5.57. The number of nitrogens with one attached hydrogen (secondary N) is 1. The third-order valence-electron chi connectivity index (χ3n) is 4.14. The largest absolute Gasteiger partial charge is 0.382 e. The van der Waals surface area contributed by atoms with Crippen LogP contribution in [-0.2, 0) is 9.47 Å². The topological polar surface area (TPSA) is 30.5 Å². The molecule has 2 unspecified atom stereocenters. The van der Waals surface area contributed by atoms with Gasteiger partial charge in [-0.25, -0.2) is 4.39 Å². The van der Waals surface area contributed by atoms with Gasteiger partial charge in [0.2, 0.25) is 0 Å². The van der Waals surface area contributed by atoms with Crippen molar-refractivity contribution < 1.29 is 13.9 Å². The van der Waals surface area contributed by atoms with E-state index in [2.05, 4.69) is 26.1 Å². The van der Waals surface area contributed by atoms with Crippen LogP contribution in [0.15, 0.2) is 18.2 Å². The lowest BCUT2D eigenvalue weighted by Gasteiger charge is -2.22. The minimum atomic E-state index is -0.638. The van der Waals surface area contributed by atoms with Crippen molar-refractivity contribution in [3.8, 4) is 0 Å². The molecule has 0 saturated heterocycles. The van der Waals surface area contributed by atoms with Gasteiger partial charge in [-0.15, -0.1) is 0 Å². The van der Waals surface area contributed by atoms with E-state index in [0.717, 1.165) is 24.9 Å². The Kier molecular flexibility index (Phi) is 9.19. The maximum Gasteiger partial charge on any atom is 0.186 e. The van der Waals surface area contributed by atoms with Gasteiger partial charge in [-0.3, -0.25) is 0 Å². The van der Waals surface area contributed by atoms with Crippen LogP contribution in [0.3, 0.4) is 0 Å². The lowest BCUT2D eigenvalue weighted by molar-refractivity contribution is -0.141. The van der Waals surface area contributed by atoms with Crippen LogP contribution in [0.4, 0.5) is 10.1 Å². The van der Waals surface area contributed by atoms with E-state index in [9.17, 15) is 4.39 Å². The summed E-state index contributed by atoms with van der Waals surface area (Å²) in [7, 11) is 0. The summed E-state index contributed by atoms with van der Waals surface area (Å²) >= 11 is 0. The smallest absolute Gasteiger partial charge is 0.186 e. The molecule has 1 aromatic carbocycles. The highest BCUT2D eigenvalue weighted by molar-refractivity contribution is 5.46. The zero-order valence-electron chi connectivity index (χ0n) is 15.2. The molecule has 0 bridgehead atoms. The minimum Gasteiger partial charge on any atom is -0.382 e. The van der Waals surface area contributed by atoms with Gasteiger partial charge in [0, 0.05) is 30.5 Å². The van der Waals surface area contributed by atoms with Crippen molar-refractivity contribution in [1.82, 2.24) is 0 Å². The normalized spacial score (nSPS) is 14.0. The van der Waals surface area contributed by atoms with E-state index < -0.39 is 6.29 Å². The second-order valence-corrected chi connectivity index (χ2v) is 5.98. The molecule has 0 aromatic heterocycles. The van der Waals surface area contributed by atoms with Gasteiger partial charge in [0.05, 0.1) is 0 Å². The number of halogens is 1. The number of hydrogen-bond donors (Lipinski definition) is 1. The first-order chi connectivity index (χ1) is 11.0. The fourth-order valence-electron chi connectivity index (χ4n) is 2.55. The number of ether oxygens (including phenoxy) is 2. The molecule has 0 aliphatic carbocycles. The van der Waals surface area contributed by atoms with Crippen LogP contribution in [0.25, 0.3) is 0 Å². The fraction of sp³-hybridized carbons (Fsp3) is 0.684. The molecule has 0 amide bonds. The average Bonchev–Trinajstić information content (AvgIpc) is 2.54. The molecule has 0 heterocycles. The van der Waals surface area contributed by atoms with Gasteiger partial charge >= 0.3 is 0 Å². The van der Waals surface area contributed by atoms with Crippen molar-refractivity contribution in [3.63, 3.8) is 0 Å². The van der Waals surface area contributed by atoms with Crippen LogP contribution >= 0.6 is 0 Å². The minimum absolute atomic E-state index is 0.291. The van der Waals surface area contributed by atoms with Crippen molar-refractivity contribution >= 4 is 5.69 Å². The van der Waals surface area contributed by atoms with E-state index in [1.807, 2.05) is 19.9 Å². The second-order valence-electron chi connectivity index (χ2n) is 5.98. The number of benzene rings is 1. The Morgan fingerprint density at radius 3 is 2.17 bits per heavy atom. The van der Waals surface area contributed by atoms with Gasteiger partial charge in [0.15, 0.2) is 6.29 Å². The molecule has 1 rings (SSSR count). The zero-order valence-corrected chi connectivity index (χ0v) is 15.2. The summed E-state index contributed by atoms with van der Waals surface area (Å²) in [4.78, 5) is 0. The van der Waals surface area contributed by atoms with Crippen LogP contribution in [0, 0.1) is 11.7 Å². The molecule has 132 valence electrons. The van der Waals surface area contributed by atoms with Crippen molar-refractivity contribution in [1.29, 1.82) is 0 Å². The lowest BCUT2D eigenvalue weighted by Crippen LogP contribution is -2.21. The quantitative estimate of drug-likeness (QED) is 0.543. The Hall–Kier alpha value is -1.13. The van der Waals surface area contributed by atoms with Crippen molar-refractivity contribution in [3.05, 3.63) is 29.6 Å². The number of anilines is 1. The summed E-state index contributed by atoms with van der Waals surface area (Å²) in [5.74, 6) is 0.372. The monoisotopic (exact) mass is 325 g/mol. The van der Waals surface area contributed by atoms with Gasteiger partial charge in [-0.1, -0.05) is 27.2 Å². The van der Waals surface area contributed by atoms with Crippen LogP contribution in [0.2, 0.25) is 0 Å². The molecular formula is C19H32FNO2. The van der Waals surface area contributed by atoms with Gasteiger partial charge in [-0.05, 0) is 50.8 Å². The van der Waals surface area contributed by atoms with Crippen LogP contribution in [0.5, 0.6) is 0 Å². The van der Waals surface area contributed by atoms with Gasteiger partial charge in [0.25, 0.3) is 0 Å². The van der Waals surface area contributed by atoms with Crippen LogP contribution in [0.1, 0.15) is 65.7 Å². The van der Waals surface area contributed by atoms with E-state index >= 15 is 0 Å². The first-order valence-corrected chi connectivity index (χ1v) is 8.84. The molecule has 2 atom stereocenters. The molecule has 1 N–H and O–H groups in total. The summed E-state index contributed by atoms with van der Waals surface area (Å²) in [6.45, 7) is 11.3. The second kappa shape index (κ2) is 10.6. The molecular weight excluding hydrogens is 293 g/mol. The molecule has 23 heavy (non-hydrogen) atoms. The fourth-order valence-corrected chi connectivity index (χ4v) is 2.55. The van der Waals surface area contributed by atoms with E-state index in [1.54, 1.807) is 12.1 Å². The molecule has 0 fully saturated rings. The average molecular weight is 325 g/mol. The Morgan fingerprint density at radius 1 is 1.04 bits per heavy atom. The Labute approximate surface area is 140 Å². The predicted octanol–water partition coefficient (Wildman–Crippen LogP) is 5.52. The Balaban J connectivity index is 2.81. The van der Waals surface area contributed by atoms with Crippen molar-refractivity contribution in [2.75, 3.05) is 18.5 Å². The number of hydrogen-bond acceptors (Lipinski definition) is 3. The molecule has 0 aliphatic rings. The lowest BCUT2D eigenvalue weighted by atomic mass is 9.97. The predicted molar refractivity (Wildman–Crippen MR) is 94.2 cm³/mol. The van der Waals surface area contributed by atoms with Crippen LogP contribution in [-0.4, -0.2) is 19.3 Å². The van der Waals surface area contributed by atoms with E-state index in [4.69, 9.17) is 9.47 Å². The zero-order chi connectivity index (χ0) is 17.2. The summed E-state index contributed by atoms with van der Waals surface area (Å²) in [5.41, 5.74) is 1.27. The molecule has 0 radical (unpaired) electrons.